The lowest BCUT2D eigenvalue weighted by atomic mass is 10.1. The van der Waals surface area contributed by atoms with Crippen LogP contribution in [-0.2, 0) is 14.8 Å². The molecule has 3 rings (SSSR count). The van der Waals surface area contributed by atoms with Crippen molar-refractivity contribution in [2.45, 2.75) is 18.2 Å². The van der Waals surface area contributed by atoms with E-state index in [0.29, 0.717) is 29.9 Å². The summed E-state index contributed by atoms with van der Waals surface area (Å²) in [6.45, 7) is 2.93. The number of nitrogens with zero attached hydrogens (tertiary/aromatic N) is 1. The number of carbonyl (C=O) groups excluding carboxylic acids is 1. The van der Waals surface area contributed by atoms with Gasteiger partial charge in [0.2, 0.25) is 15.9 Å². The van der Waals surface area contributed by atoms with E-state index >= 15 is 0 Å². The van der Waals surface area contributed by atoms with E-state index in [0.717, 1.165) is 5.39 Å². The van der Waals surface area contributed by atoms with Crippen molar-refractivity contribution in [3.8, 4) is 0 Å². The number of halogens is 1. The number of fused-ring (bicyclic) bond motifs is 1. The summed E-state index contributed by atoms with van der Waals surface area (Å²) in [5, 5.41) is 4.48. The summed E-state index contributed by atoms with van der Waals surface area (Å²) in [5.41, 5.74) is 0. The van der Waals surface area contributed by atoms with Gasteiger partial charge in [-0.2, -0.15) is 4.31 Å². The zero-order valence-corrected chi connectivity index (χ0v) is 14.9. The molecule has 0 aromatic heterocycles. The van der Waals surface area contributed by atoms with Crippen LogP contribution < -0.4 is 5.32 Å². The van der Waals surface area contributed by atoms with Gasteiger partial charge in [-0.15, -0.1) is 0 Å². The molecule has 1 saturated heterocycles. The van der Waals surface area contributed by atoms with Gasteiger partial charge < -0.3 is 5.32 Å². The second kappa shape index (κ2) is 6.70. The molecule has 0 saturated carbocycles. The number of sulfonamides is 1. The van der Waals surface area contributed by atoms with Crippen molar-refractivity contribution in [2.24, 2.45) is 5.92 Å². The molecule has 2 aromatic rings. The number of benzene rings is 2. The third-order valence-corrected chi connectivity index (χ3v) is 6.53. The molecule has 24 heavy (non-hydrogen) atoms. The van der Waals surface area contributed by atoms with Gasteiger partial charge in [0.1, 0.15) is 0 Å². The van der Waals surface area contributed by atoms with Gasteiger partial charge in [-0.3, -0.25) is 4.79 Å². The largest absolute Gasteiger partial charge is 0.356 e. The number of nitrogens with one attached hydrogen (secondary N) is 1. The molecule has 7 heteroatoms. The van der Waals surface area contributed by atoms with E-state index in [1.165, 1.54) is 4.31 Å². The van der Waals surface area contributed by atoms with Crippen LogP contribution in [0.25, 0.3) is 10.8 Å². The maximum absolute atomic E-state index is 13.1. The molecular formula is C17H19ClN2O3S. The molecule has 0 bridgehead atoms. The minimum Gasteiger partial charge on any atom is -0.356 e. The van der Waals surface area contributed by atoms with Crippen LogP contribution in [0.1, 0.15) is 13.3 Å². The van der Waals surface area contributed by atoms with E-state index in [4.69, 9.17) is 11.6 Å². The van der Waals surface area contributed by atoms with Crippen LogP contribution in [-0.4, -0.2) is 38.3 Å². The van der Waals surface area contributed by atoms with Crippen molar-refractivity contribution >= 4 is 38.3 Å². The lowest BCUT2D eigenvalue weighted by Gasteiger charge is -2.18. The van der Waals surface area contributed by atoms with E-state index < -0.39 is 10.0 Å². The number of rotatable bonds is 4. The smallest absolute Gasteiger partial charge is 0.243 e. The Hall–Kier alpha value is -1.63. The summed E-state index contributed by atoms with van der Waals surface area (Å²) in [7, 11) is -3.70. The predicted octanol–water partition coefficient (Wildman–Crippen LogP) is 2.64. The number of amides is 1. The fraction of sp³-hybridized carbons (Fsp3) is 0.353. The molecule has 1 fully saturated rings. The molecule has 5 nitrogen and oxygen atoms in total. The zero-order valence-electron chi connectivity index (χ0n) is 13.3. The van der Waals surface area contributed by atoms with E-state index in [9.17, 15) is 13.2 Å². The molecule has 2 aromatic carbocycles. The second-order valence-electron chi connectivity index (χ2n) is 5.84. The maximum atomic E-state index is 13.1. The highest BCUT2D eigenvalue weighted by atomic mass is 35.5. The monoisotopic (exact) mass is 366 g/mol. The Kier molecular flexibility index (Phi) is 4.80. The third-order valence-electron chi connectivity index (χ3n) is 4.31. The molecule has 0 spiro atoms. The molecule has 0 aliphatic carbocycles. The maximum Gasteiger partial charge on any atom is 0.243 e. The Labute approximate surface area is 146 Å². The number of hydrogen-bond donors (Lipinski definition) is 1. The van der Waals surface area contributed by atoms with Crippen molar-refractivity contribution in [3.05, 3.63) is 41.4 Å². The minimum absolute atomic E-state index is 0.0915. The van der Waals surface area contributed by atoms with Gasteiger partial charge >= 0.3 is 0 Å². The Morgan fingerprint density at radius 3 is 2.71 bits per heavy atom. The molecule has 1 amide bonds. The van der Waals surface area contributed by atoms with Gasteiger partial charge in [0.05, 0.1) is 10.8 Å². The van der Waals surface area contributed by atoms with Gasteiger partial charge in [-0.1, -0.05) is 35.9 Å². The van der Waals surface area contributed by atoms with E-state index in [1.54, 1.807) is 24.3 Å². The quantitative estimate of drug-likeness (QED) is 0.904. The first kappa shape index (κ1) is 17.2. The van der Waals surface area contributed by atoms with Crippen LogP contribution in [0, 0.1) is 5.92 Å². The molecular weight excluding hydrogens is 348 g/mol. The summed E-state index contributed by atoms with van der Waals surface area (Å²) in [4.78, 5) is 12.2. The molecule has 0 radical (unpaired) electrons. The lowest BCUT2D eigenvalue weighted by molar-refractivity contribution is -0.124. The van der Waals surface area contributed by atoms with E-state index in [1.807, 2.05) is 19.1 Å². The first-order valence-electron chi connectivity index (χ1n) is 7.90. The third kappa shape index (κ3) is 3.01. The summed E-state index contributed by atoms with van der Waals surface area (Å²) in [5.74, 6) is -0.392. The van der Waals surface area contributed by atoms with Crippen LogP contribution in [0.15, 0.2) is 41.3 Å². The summed E-state index contributed by atoms with van der Waals surface area (Å²) in [6, 6.07) is 10.4. The molecule has 1 unspecified atom stereocenters. The summed E-state index contributed by atoms with van der Waals surface area (Å²) < 4.78 is 27.5. The van der Waals surface area contributed by atoms with E-state index in [-0.39, 0.29) is 23.3 Å². The highest BCUT2D eigenvalue weighted by molar-refractivity contribution is 7.89. The van der Waals surface area contributed by atoms with Gasteiger partial charge in [-0.05, 0) is 30.9 Å². The van der Waals surface area contributed by atoms with Crippen molar-refractivity contribution in [1.82, 2.24) is 9.62 Å². The molecule has 1 atom stereocenters. The Bertz CT molecular complexity index is 877. The molecule has 1 aliphatic rings. The van der Waals surface area contributed by atoms with Crippen molar-refractivity contribution < 1.29 is 13.2 Å². The first-order chi connectivity index (χ1) is 11.4. The zero-order chi connectivity index (χ0) is 17.3. The molecule has 1 N–H and O–H groups in total. The van der Waals surface area contributed by atoms with Gasteiger partial charge in [0.15, 0.2) is 0 Å². The SMILES string of the molecule is CCNC(=O)C1CCN(S(=O)(=O)c2cccc3cccc(Cl)c23)C1. The van der Waals surface area contributed by atoms with E-state index in [2.05, 4.69) is 5.32 Å². The van der Waals surface area contributed by atoms with Gasteiger partial charge in [0.25, 0.3) is 0 Å². The van der Waals surface area contributed by atoms with Crippen LogP contribution >= 0.6 is 11.6 Å². The van der Waals surface area contributed by atoms with Gasteiger partial charge in [-0.25, -0.2) is 8.42 Å². The first-order valence-corrected chi connectivity index (χ1v) is 9.72. The molecule has 128 valence electrons. The average molecular weight is 367 g/mol. The normalized spacial score (nSPS) is 18.8. The topological polar surface area (TPSA) is 66.5 Å². The minimum atomic E-state index is -3.70. The van der Waals surface area contributed by atoms with Crippen LogP contribution in [0.3, 0.4) is 0 Å². The Morgan fingerprint density at radius 2 is 2.00 bits per heavy atom. The predicted molar refractivity (Wildman–Crippen MR) is 94.5 cm³/mol. The lowest BCUT2D eigenvalue weighted by Crippen LogP contribution is -2.34. The fourth-order valence-corrected chi connectivity index (χ4v) is 5.17. The van der Waals surface area contributed by atoms with Crippen molar-refractivity contribution in [2.75, 3.05) is 19.6 Å². The Morgan fingerprint density at radius 1 is 1.29 bits per heavy atom. The Balaban J connectivity index is 1.97. The number of carbonyl (C=O) groups is 1. The van der Waals surface area contributed by atoms with Crippen molar-refractivity contribution in [3.63, 3.8) is 0 Å². The van der Waals surface area contributed by atoms with Crippen molar-refractivity contribution in [1.29, 1.82) is 0 Å². The standard InChI is InChI=1S/C17H19ClN2O3S/c1-2-19-17(21)13-9-10-20(11-13)24(22,23)15-8-4-6-12-5-3-7-14(18)16(12)15/h3-8,13H,2,9-11H2,1H3,(H,19,21). The number of hydrogen-bond acceptors (Lipinski definition) is 3. The van der Waals surface area contributed by atoms with Crippen LogP contribution in [0.2, 0.25) is 5.02 Å². The van der Waals surface area contributed by atoms with Crippen LogP contribution in [0.4, 0.5) is 0 Å². The van der Waals surface area contributed by atoms with Gasteiger partial charge in [0, 0.05) is 30.0 Å². The second-order valence-corrected chi connectivity index (χ2v) is 8.15. The molecule has 1 aliphatic heterocycles. The highest BCUT2D eigenvalue weighted by Gasteiger charge is 2.36. The summed E-state index contributed by atoms with van der Waals surface area (Å²) >= 11 is 6.25. The fourth-order valence-electron chi connectivity index (χ4n) is 3.10. The highest BCUT2D eigenvalue weighted by Crippen LogP contribution is 2.33. The molecule has 1 heterocycles. The average Bonchev–Trinajstić information content (AvgIpc) is 3.06. The summed E-state index contributed by atoms with van der Waals surface area (Å²) in [6.07, 6.45) is 0.531. The van der Waals surface area contributed by atoms with Crippen LogP contribution in [0.5, 0.6) is 0 Å².